The van der Waals surface area contributed by atoms with Gasteiger partial charge in [-0.05, 0) is 56.7 Å². The van der Waals surface area contributed by atoms with E-state index in [1.54, 1.807) is 55.8 Å². The van der Waals surface area contributed by atoms with Gasteiger partial charge >= 0.3 is 0 Å². The number of hydrogen-bond acceptors (Lipinski definition) is 4. The second-order valence-corrected chi connectivity index (χ2v) is 9.29. The van der Waals surface area contributed by atoms with Gasteiger partial charge in [0.05, 0.1) is 28.0 Å². The first-order valence-electron chi connectivity index (χ1n) is 9.37. The lowest BCUT2D eigenvalue weighted by molar-refractivity contribution is 0.0950. The number of carbonyl (C=O) groups is 1. The van der Waals surface area contributed by atoms with E-state index >= 15 is 0 Å². The van der Waals surface area contributed by atoms with Gasteiger partial charge in [0.15, 0.2) is 0 Å². The largest absolute Gasteiger partial charge is 0.348 e. The van der Waals surface area contributed by atoms with Crippen LogP contribution in [-0.4, -0.2) is 30.1 Å². The lowest BCUT2D eigenvalue weighted by atomic mass is 10.2. The Hall–Kier alpha value is -2.68. The third-order valence-corrected chi connectivity index (χ3v) is 6.25. The van der Waals surface area contributed by atoms with Gasteiger partial charge in [-0.15, -0.1) is 0 Å². The molecule has 1 amide bonds. The van der Waals surface area contributed by atoms with Gasteiger partial charge in [0.25, 0.3) is 5.91 Å². The van der Waals surface area contributed by atoms with E-state index in [9.17, 15) is 13.2 Å². The van der Waals surface area contributed by atoms with Crippen LogP contribution in [0, 0.1) is 6.92 Å². The Morgan fingerprint density at radius 1 is 1.17 bits per heavy atom. The minimum Gasteiger partial charge on any atom is -0.348 e. The monoisotopic (exact) mass is 446 g/mol. The number of rotatable bonds is 7. The van der Waals surface area contributed by atoms with E-state index in [4.69, 9.17) is 11.6 Å². The Bertz CT molecular complexity index is 1170. The van der Waals surface area contributed by atoms with Crippen molar-refractivity contribution in [2.75, 3.05) is 0 Å². The highest BCUT2D eigenvalue weighted by atomic mass is 35.5. The third-order valence-electron chi connectivity index (χ3n) is 4.36. The van der Waals surface area contributed by atoms with E-state index in [1.807, 2.05) is 12.1 Å². The van der Waals surface area contributed by atoms with Gasteiger partial charge in [0, 0.05) is 17.6 Å². The van der Waals surface area contributed by atoms with Crippen LogP contribution >= 0.6 is 11.6 Å². The number of aromatic nitrogens is 2. The van der Waals surface area contributed by atoms with Crippen LogP contribution in [0.5, 0.6) is 0 Å². The van der Waals surface area contributed by atoms with Crippen molar-refractivity contribution in [3.05, 3.63) is 76.6 Å². The topological polar surface area (TPSA) is 93.1 Å². The Balaban J connectivity index is 1.73. The maximum Gasteiger partial charge on any atom is 0.255 e. The van der Waals surface area contributed by atoms with Gasteiger partial charge in [0.1, 0.15) is 0 Å². The summed E-state index contributed by atoms with van der Waals surface area (Å²) in [7, 11) is -3.60. The zero-order valence-corrected chi connectivity index (χ0v) is 18.5. The standard InChI is InChI=1S/C21H23ClN4O3S/c1-14(2)25-30(28,29)19-9-4-6-16(10-19)12-23-21(27)20-13-24-26(15(20)3)18-8-5-7-17(22)11-18/h4-11,13-14,25H,12H2,1-3H3,(H,23,27). The fourth-order valence-electron chi connectivity index (χ4n) is 2.98. The predicted molar refractivity (Wildman–Crippen MR) is 116 cm³/mol. The van der Waals surface area contributed by atoms with Crippen molar-refractivity contribution in [2.24, 2.45) is 0 Å². The molecule has 30 heavy (non-hydrogen) atoms. The Kier molecular flexibility index (Phi) is 6.60. The molecule has 0 bridgehead atoms. The average molecular weight is 447 g/mol. The molecule has 3 aromatic rings. The van der Waals surface area contributed by atoms with Gasteiger partial charge in [0.2, 0.25) is 10.0 Å². The maximum atomic E-state index is 12.7. The van der Waals surface area contributed by atoms with Crippen molar-refractivity contribution >= 4 is 27.5 Å². The summed E-state index contributed by atoms with van der Waals surface area (Å²) in [6.45, 7) is 5.50. The molecule has 1 aromatic heterocycles. The van der Waals surface area contributed by atoms with E-state index in [2.05, 4.69) is 15.1 Å². The second-order valence-electron chi connectivity index (χ2n) is 7.14. The minimum atomic E-state index is -3.60. The minimum absolute atomic E-state index is 0.160. The fraction of sp³-hybridized carbons (Fsp3) is 0.238. The lowest BCUT2D eigenvalue weighted by Gasteiger charge is -2.11. The lowest BCUT2D eigenvalue weighted by Crippen LogP contribution is -2.30. The number of amides is 1. The van der Waals surface area contributed by atoms with Crippen molar-refractivity contribution in [3.63, 3.8) is 0 Å². The fourth-order valence-corrected chi connectivity index (χ4v) is 4.48. The Morgan fingerprint density at radius 3 is 2.60 bits per heavy atom. The summed E-state index contributed by atoms with van der Waals surface area (Å²) in [5.74, 6) is -0.297. The molecular weight excluding hydrogens is 424 g/mol. The molecule has 0 aliphatic rings. The number of benzene rings is 2. The quantitative estimate of drug-likeness (QED) is 0.581. The predicted octanol–water partition coefficient (Wildman–Crippen LogP) is 3.45. The number of hydrogen-bond donors (Lipinski definition) is 2. The van der Waals surface area contributed by atoms with Gasteiger partial charge in [-0.25, -0.2) is 17.8 Å². The summed E-state index contributed by atoms with van der Waals surface area (Å²) >= 11 is 6.04. The third kappa shape index (κ3) is 5.08. The molecule has 2 aromatic carbocycles. The van der Waals surface area contributed by atoms with Gasteiger partial charge in [-0.1, -0.05) is 29.8 Å². The Labute approximate surface area is 181 Å². The zero-order chi connectivity index (χ0) is 21.9. The number of nitrogens with zero attached hydrogens (tertiary/aromatic N) is 2. The van der Waals surface area contributed by atoms with Crippen LogP contribution in [0.15, 0.2) is 59.6 Å². The molecule has 0 aliphatic carbocycles. The highest BCUT2D eigenvalue weighted by molar-refractivity contribution is 7.89. The van der Waals surface area contributed by atoms with Crippen LogP contribution in [-0.2, 0) is 16.6 Å². The Morgan fingerprint density at radius 2 is 1.90 bits per heavy atom. The number of carbonyl (C=O) groups excluding carboxylic acids is 1. The molecule has 0 fully saturated rings. The normalized spacial score (nSPS) is 11.6. The summed E-state index contributed by atoms with van der Waals surface area (Å²) < 4.78 is 28.9. The molecular formula is C21H23ClN4O3S. The smallest absolute Gasteiger partial charge is 0.255 e. The molecule has 7 nitrogen and oxygen atoms in total. The van der Waals surface area contributed by atoms with Crippen molar-refractivity contribution in [3.8, 4) is 5.69 Å². The first-order chi connectivity index (χ1) is 14.2. The van der Waals surface area contributed by atoms with Crippen molar-refractivity contribution in [2.45, 2.75) is 38.3 Å². The van der Waals surface area contributed by atoms with Crippen LogP contribution in [0.4, 0.5) is 0 Å². The molecule has 2 N–H and O–H groups in total. The maximum absolute atomic E-state index is 12.7. The van der Waals surface area contributed by atoms with Crippen molar-refractivity contribution < 1.29 is 13.2 Å². The average Bonchev–Trinajstić information content (AvgIpc) is 3.07. The number of sulfonamides is 1. The van der Waals surface area contributed by atoms with Gasteiger partial charge in [-0.2, -0.15) is 5.10 Å². The molecule has 0 unspecified atom stereocenters. The van der Waals surface area contributed by atoms with Crippen molar-refractivity contribution in [1.82, 2.24) is 19.8 Å². The molecule has 158 valence electrons. The van der Waals surface area contributed by atoms with Crippen molar-refractivity contribution in [1.29, 1.82) is 0 Å². The van der Waals surface area contributed by atoms with E-state index in [1.165, 1.54) is 12.3 Å². The SMILES string of the molecule is Cc1c(C(=O)NCc2cccc(S(=O)(=O)NC(C)C)c2)cnn1-c1cccc(Cl)c1. The molecule has 0 radical (unpaired) electrons. The highest BCUT2D eigenvalue weighted by Crippen LogP contribution is 2.18. The van der Waals surface area contributed by atoms with Crippen LogP contribution < -0.4 is 10.0 Å². The molecule has 0 saturated carbocycles. The van der Waals surface area contributed by atoms with E-state index in [0.717, 1.165) is 5.69 Å². The molecule has 0 aliphatic heterocycles. The zero-order valence-electron chi connectivity index (χ0n) is 16.9. The van der Waals surface area contributed by atoms with Crippen LogP contribution in [0.3, 0.4) is 0 Å². The molecule has 0 spiro atoms. The van der Waals surface area contributed by atoms with E-state index in [-0.39, 0.29) is 23.4 Å². The number of halogens is 1. The van der Waals surface area contributed by atoms with Crippen LogP contribution in [0.25, 0.3) is 5.69 Å². The summed E-state index contributed by atoms with van der Waals surface area (Å²) in [5, 5.41) is 7.68. The number of nitrogens with one attached hydrogen (secondary N) is 2. The molecule has 3 rings (SSSR count). The second kappa shape index (κ2) is 8.99. The highest BCUT2D eigenvalue weighted by Gasteiger charge is 2.17. The summed E-state index contributed by atoms with van der Waals surface area (Å²) in [6.07, 6.45) is 1.50. The molecule has 9 heteroatoms. The van der Waals surface area contributed by atoms with Gasteiger partial charge < -0.3 is 5.32 Å². The van der Waals surface area contributed by atoms with Crippen LogP contribution in [0.1, 0.15) is 35.5 Å². The molecule has 0 atom stereocenters. The van der Waals surface area contributed by atoms with E-state index < -0.39 is 10.0 Å². The van der Waals surface area contributed by atoms with Gasteiger partial charge in [-0.3, -0.25) is 4.79 Å². The summed E-state index contributed by atoms with van der Waals surface area (Å²) in [6, 6.07) is 13.5. The first-order valence-corrected chi connectivity index (χ1v) is 11.2. The molecule has 1 heterocycles. The molecule has 0 saturated heterocycles. The summed E-state index contributed by atoms with van der Waals surface area (Å²) in [5.41, 5.74) is 2.54. The van der Waals surface area contributed by atoms with E-state index in [0.29, 0.717) is 21.8 Å². The summed E-state index contributed by atoms with van der Waals surface area (Å²) in [4.78, 5) is 12.8. The first kappa shape index (κ1) is 22.0. The van der Waals surface area contributed by atoms with Crippen LogP contribution in [0.2, 0.25) is 5.02 Å².